The summed E-state index contributed by atoms with van der Waals surface area (Å²) in [4.78, 5) is 17.7. The van der Waals surface area contributed by atoms with Gasteiger partial charge in [0.2, 0.25) is 0 Å². The summed E-state index contributed by atoms with van der Waals surface area (Å²) in [5.41, 5.74) is 7.04. The van der Waals surface area contributed by atoms with E-state index in [-0.39, 0.29) is 11.9 Å². The molecular weight excluding hydrogens is 302 g/mol. The number of rotatable bonds is 6. The molecule has 21 heavy (non-hydrogen) atoms. The van der Waals surface area contributed by atoms with Crippen molar-refractivity contribution in [2.24, 2.45) is 5.73 Å². The largest absolute Gasteiger partial charge is 0.344 e. The van der Waals surface area contributed by atoms with Crippen LogP contribution >= 0.6 is 23.1 Å². The molecule has 3 N–H and O–H groups in total. The Labute approximate surface area is 133 Å². The summed E-state index contributed by atoms with van der Waals surface area (Å²) in [7, 11) is 0. The molecule has 4 nitrogen and oxygen atoms in total. The molecule has 0 saturated heterocycles. The molecule has 1 aromatic carbocycles. The van der Waals surface area contributed by atoms with Crippen LogP contribution in [-0.4, -0.2) is 23.7 Å². The highest BCUT2D eigenvalue weighted by Crippen LogP contribution is 2.19. The lowest BCUT2D eigenvalue weighted by Crippen LogP contribution is -2.27. The van der Waals surface area contributed by atoms with Crippen molar-refractivity contribution in [1.82, 2.24) is 10.3 Å². The Balaban J connectivity index is 1.99. The van der Waals surface area contributed by atoms with E-state index in [0.717, 1.165) is 10.6 Å². The number of hydrogen-bond donors (Lipinski definition) is 2. The number of thioether (sulfide) groups is 1. The van der Waals surface area contributed by atoms with E-state index in [4.69, 9.17) is 5.73 Å². The quantitative estimate of drug-likeness (QED) is 0.803. The zero-order valence-corrected chi connectivity index (χ0v) is 13.8. The molecule has 0 aliphatic heterocycles. The van der Waals surface area contributed by atoms with Crippen LogP contribution in [0.4, 0.5) is 0 Å². The van der Waals surface area contributed by atoms with Crippen LogP contribution in [0.25, 0.3) is 0 Å². The Kier molecular flexibility index (Phi) is 5.78. The fourth-order valence-electron chi connectivity index (χ4n) is 1.90. The monoisotopic (exact) mass is 321 g/mol. The van der Waals surface area contributed by atoms with Gasteiger partial charge in [-0.1, -0.05) is 12.1 Å². The number of thiazole rings is 1. The van der Waals surface area contributed by atoms with Crippen molar-refractivity contribution in [3.8, 4) is 0 Å². The van der Waals surface area contributed by atoms with E-state index in [1.54, 1.807) is 17.1 Å². The fourth-order valence-corrected chi connectivity index (χ4v) is 3.10. The average Bonchev–Trinajstić information content (AvgIpc) is 2.96. The molecule has 1 amide bonds. The predicted octanol–water partition coefficient (Wildman–Crippen LogP) is 2.86. The Morgan fingerprint density at radius 2 is 2.14 bits per heavy atom. The lowest BCUT2D eigenvalue weighted by molar-refractivity contribution is 0.0935. The number of carbonyl (C=O) groups is 1. The number of amides is 1. The first-order chi connectivity index (χ1) is 10.1. The minimum atomic E-state index is -0.143. The van der Waals surface area contributed by atoms with E-state index in [1.807, 2.05) is 25.3 Å². The normalized spacial score (nSPS) is 12.1. The molecule has 2 rings (SSSR count). The molecule has 1 heterocycles. The predicted molar refractivity (Wildman–Crippen MR) is 89.0 cm³/mol. The highest BCUT2D eigenvalue weighted by molar-refractivity contribution is 7.98. The Bertz CT molecular complexity index is 595. The molecule has 0 radical (unpaired) electrons. The van der Waals surface area contributed by atoms with Crippen molar-refractivity contribution in [1.29, 1.82) is 0 Å². The van der Waals surface area contributed by atoms with Gasteiger partial charge >= 0.3 is 0 Å². The zero-order valence-electron chi connectivity index (χ0n) is 12.1. The second-order valence-electron chi connectivity index (χ2n) is 4.63. The summed E-state index contributed by atoms with van der Waals surface area (Å²) >= 11 is 3.18. The van der Waals surface area contributed by atoms with E-state index < -0.39 is 0 Å². The number of nitrogens with two attached hydrogens (primary N) is 1. The van der Waals surface area contributed by atoms with Gasteiger partial charge in [0.25, 0.3) is 5.91 Å². The Hall–Kier alpha value is -1.37. The van der Waals surface area contributed by atoms with Gasteiger partial charge in [-0.25, -0.2) is 4.98 Å². The Morgan fingerprint density at radius 3 is 2.76 bits per heavy atom. The topological polar surface area (TPSA) is 68.0 Å². The highest BCUT2D eigenvalue weighted by Gasteiger charge is 2.14. The van der Waals surface area contributed by atoms with Crippen LogP contribution in [0.3, 0.4) is 0 Å². The van der Waals surface area contributed by atoms with E-state index in [2.05, 4.69) is 22.4 Å². The summed E-state index contributed by atoms with van der Waals surface area (Å²) in [6.07, 6.45) is 2.75. The van der Waals surface area contributed by atoms with Crippen molar-refractivity contribution in [3.05, 3.63) is 45.9 Å². The van der Waals surface area contributed by atoms with Gasteiger partial charge in [0, 0.05) is 16.7 Å². The van der Waals surface area contributed by atoms with E-state index in [1.165, 1.54) is 16.2 Å². The van der Waals surface area contributed by atoms with Crippen molar-refractivity contribution in [2.45, 2.75) is 24.3 Å². The minimum absolute atomic E-state index is 0.0481. The van der Waals surface area contributed by atoms with Gasteiger partial charge < -0.3 is 11.1 Å². The maximum atomic E-state index is 12.2. The number of hydrogen-bond acceptors (Lipinski definition) is 5. The second kappa shape index (κ2) is 7.59. The number of carbonyl (C=O) groups excluding carboxylic acids is 1. The van der Waals surface area contributed by atoms with Crippen molar-refractivity contribution in [2.75, 3.05) is 12.8 Å². The summed E-state index contributed by atoms with van der Waals surface area (Å²) in [6, 6.07) is 8.15. The molecule has 0 bridgehead atoms. The summed E-state index contributed by atoms with van der Waals surface area (Å²) in [5.74, 6) is -0.143. The van der Waals surface area contributed by atoms with Crippen LogP contribution in [0, 0.1) is 0 Å². The van der Waals surface area contributed by atoms with Crippen LogP contribution in [0.1, 0.15) is 34.0 Å². The molecule has 2 aromatic rings. The standard InChI is InChI=1S/C15H19N3OS2/c1-10(11-3-5-12(20-2)6-4-11)17-15(19)13-9-21-14(18-13)7-8-16/h3-6,9-10H,7-8,16H2,1-2H3,(H,17,19). The van der Waals surface area contributed by atoms with Gasteiger partial charge in [0.05, 0.1) is 11.0 Å². The van der Waals surface area contributed by atoms with Crippen LogP contribution in [0.5, 0.6) is 0 Å². The number of nitrogens with one attached hydrogen (secondary N) is 1. The molecule has 0 fully saturated rings. The molecule has 1 unspecified atom stereocenters. The summed E-state index contributed by atoms with van der Waals surface area (Å²) in [6.45, 7) is 2.52. The molecular formula is C15H19N3OS2. The molecule has 0 aliphatic carbocycles. The van der Waals surface area contributed by atoms with Crippen LogP contribution in [-0.2, 0) is 6.42 Å². The van der Waals surface area contributed by atoms with Gasteiger partial charge in [-0.3, -0.25) is 4.79 Å². The first kappa shape index (κ1) is 16.0. The lowest BCUT2D eigenvalue weighted by Gasteiger charge is -2.13. The van der Waals surface area contributed by atoms with Gasteiger partial charge in [0.15, 0.2) is 0 Å². The number of benzene rings is 1. The molecule has 0 aliphatic rings. The van der Waals surface area contributed by atoms with Gasteiger partial charge in [-0.05, 0) is 37.4 Å². The van der Waals surface area contributed by atoms with Crippen LogP contribution < -0.4 is 11.1 Å². The van der Waals surface area contributed by atoms with E-state index in [9.17, 15) is 4.79 Å². The molecule has 0 spiro atoms. The van der Waals surface area contributed by atoms with Gasteiger partial charge in [-0.15, -0.1) is 23.1 Å². The third kappa shape index (κ3) is 4.30. The third-order valence-corrected chi connectivity index (χ3v) is 4.76. The molecule has 0 saturated carbocycles. The van der Waals surface area contributed by atoms with Crippen LogP contribution in [0.2, 0.25) is 0 Å². The maximum Gasteiger partial charge on any atom is 0.271 e. The first-order valence-corrected chi connectivity index (χ1v) is 8.83. The highest BCUT2D eigenvalue weighted by atomic mass is 32.2. The van der Waals surface area contributed by atoms with Crippen molar-refractivity contribution in [3.63, 3.8) is 0 Å². The summed E-state index contributed by atoms with van der Waals surface area (Å²) in [5, 5.41) is 5.66. The van der Waals surface area contributed by atoms with E-state index >= 15 is 0 Å². The average molecular weight is 321 g/mol. The number of aromatic nitrogens is 1. The smallest absolute Gasteiger partial charge is 0.271 e. The maximum absolute atomic E-state index is 12.2. The van der Waals surface area contributed by atoms with Gasteiger partial charge in [0.1, 0.15) is 5.69 Å². The van der Waals surface area contributed by atoms with Crippen LogP contribution in [0.15, 0.2) is 34.5 Å². The molecule has 1 aromatic heterocycles. The first-order valence-electron chi connectivity index (χ1n) is 6.73. The molecule has 1 atom stereocenters. The Morgan fingerprint density at radius 1 is 1.43 bits per heavy atom. The van der Waals surface area contributed by atoms with Crippen molar-refractivity contribution < 1.29 is 4.79 Å². The zero-order chi connectivity index (χ0) is 15.2. The minimum Gasteiger partial charge on any atom is -0.344 e. The third-order valence-electron chi connectivity index (χ3n) is 3.11. The van der Waals surface area contributed by atoms with Gasteiger partial charge in [-0.2, -0.15) is 0 Å². The second-order valence-corrected chi connectivity index (χ2v) is 6.46. The number of nitrogens with zero attached hydrogens (tertiary/aromatic N) is 1. The van der Waals surface area contributed by atoms with Crippen molar-refractivity contribution >= 4 is 29.0 Å². The lowest BCUT2D eigenvalue weighted by atomic mass is 10.1. The molecule has 6 heteroatoms. The van der Waals surface area contributed by atoms with E-state index in [0.29, 0.717) is 18.7 Å². The molecule has 112 valence electrons. The SMILES string of the molecule is CSc1ccc(C(C)NC(=O)c2csc(CCN)n2)cc1. The fraction of sp³-hybridized carbons (Fsp3) is 0.333. The summed E-state index contributed by atoms with van der Waals surface area (Å²) < 4.78 is 0.